The number of carbonyl (C=O) groups is 1. The Labute approximate surface area is 153 Å². The number of ether oxygens (including phenoxy) is 2. The minimum absolute atomic E-state index is 0.0596. The Kier molecular flexibility index (Phi) is 5.18. The zero-order valence-electron chi connectivity index (χ0n) is 15.7. The maximum absolute atomic E-state index is 12.4. The van der Waals surface area contributed by atoms with E-state index in [1.165, 1.54) is 0 Å². The third-order valence-electron chi connectivity index (χ3n) is 4.64. The van der Waals surface area contributed by atoms with Crippen LogP contribution in [0, 0.1) is 5.41 Å². The van der Waals surface area contributed by atoms with E-state index in [1.54, 1.807) is 22.9 Å². The van der Waals surface area contributed by atoms with Crippen LogP contribution in [0.3, 0.4) is 0 Å². The fourth-order valence-electron chi connectivity index (χ4n) is 3.08. The highest BCUT2D eigenvalue weighted by Crippen LogP contribution is 2.27. The van der Waals surface area contributed by atoms with Crippen LogP contribution in [0.4, 0.5) is 4.79 Å². The Morgan fingerprint density at radius 3 is 2.85 bits per heavy atom. The van der Waals surface area contributed by atoms with Crippen LogP contribution in [-0.2, 0) is 4.74 Å². The second kappa shape index (κ2) is 7.37. The van der Waals surface area contributed by atoms with E-state index in [4.69, 9.17) is 9.47 Å². The van der Waals surface area contributed by atoms with Crippen LogP contribution in [-0.4, -0.2) is 54.6 Å². The second-order valence-corrected chi connectivity index (χ2v) is 7.22. The van der Waals surface area contributed by atoms with Crippen LogP contribution in [0.5, 0.6) is 5.75 Å². The van der Waals surface area contributed by atoms with Gasteiger partial charge < -0.3 is 19.7 Å². The number of methoxy groups -OCH3 is 1. The summed E-state index contributed by atoms with van der Waals surface area (Å²) in [6, 6.07) is 7.42. The number of hydrogen-bond acceptors (Lipinski definition) is 4. The maximum Gasteiger partial charge on any atom is 0.317 e. The Morgan fingerprint density at radius 1 is 1.46 bits per heavy atom. The van der Waals surface area contributed by atoms with Crippen LogP contribution in [0.15, 0.2) is 36.7 Å². The molecule has 1 aliphatic heterocycles. The molecular weight excluding hydrogens is 332 g/mol. The highest BCUT2D eigenvalue weighted by Gasteiger charge is 2.35. The molecule has 3 rings (SSSR count). The number of para-hydroxylation sites is 2. The lowest BCUT2D eigenvalue weighted by Gasteiger charge is -2.40. The predicted octanol–water partition coefficient (Wildman–Crippen LogP) is 2.62. The molecule has 7 heteroatoms. The van der Waals surface area contributed by atoms with Crippen molar-refractivity contribution in [3.63, 3.8) is 0 Å². The van der Waals surface area contributed by atoms with Crippen molar-refractivity contribution in [2.24, 2.45) is 5.41 Å². The third-order valence-corrected chi connectivity index (χ3v) is 4.64. The molecule has 7 nitrogen and oxygen atoms in total. The van der Waals surface area contributed by atoms with E-state index < -0.39 is 0 Å². The molecule has 26 heavy (non-hydrogen) atoms. The van der Waals surface area contributed by atoms with Crippen LogP contribution in [0.2, 0.25) is 0 Å². The standard InChI is InChI=1S/C19H26N4O3/c1-14(21-18(24)22(3)11-19(2)12-26-13-19)15-9-20-23(10-15)16-7-5-6-8-17(16)25-4/h5-10,14H,11-13H2,1-4H3,(H,21,24)/t14-/m1/s1. The fraction of sp³-hybridized carbons (Fsp3) is 0.474. The van der Waals surface area contributed by atoms with Crippen molar-refractivity contribution >= 4 is 6.03 Å². The Morgan fingerprint density at radius 2 is 2.19 bits per heavy atom. The Bertz CT molecular complexity index is 770. The lowest BCUT2D eigenvalue weighted by atomic mass is 9.88. The molecule has 0 saturated carbocycles. The van der Waals surface area contributed by atoms with E-state index in [0.717, 1.165) is 17.0 Å². The van der Waals surface area contributed by atoms with Crippen LogP contribution in [0.25, 0.3) is 5.69 Å². The molecule has 1 atom stereocenters. The molecule has 1 N–H and O–H groups in total. The number of urea groups is 1. The van der Waals surface area contributed by atoms with Gasteiger partial charge in [0.05, 0.1) is 32.6 Å². The first-order valence-electron chi connectivity index (χ1n) is 8.69. The van der Waals surface area contributed by atoms with Gasteiger partial charge in [-0.05, 0) is 19.1 Å². The van der Waals surface area contributed by atoms with Gasteiger partial charge in [0.2, 0.25) is 0 Å². The summed E-state index contributed by atoms with van der Waals surface area (Å²) in [5.41, 5.74) is 1.84. The molecule has 0 radical (unpaired) electrons. The first-order valence-corrected chi connectivity index (χ1v) is 8.69. The average Bonchev–Trinajstić information content (AvgIpc) is 3.10. The van der Waals surface area contributed by atoms with Crippen LogP contribution >= 0.6 is 0 Å². The van der Waals surface area contributed by atoms with Crippen molar-refractivity contribution in [3.8, 4) is 11.4 Å². The van der Waals surface area contributed by atoms with Crippen molar-refractivity contribution in [2.45, 2.75) is 19.9 Å². The van der Waals surface area contributed by atoms with Gasteiger partial charge in [-0.15, -0.1) is 0 Å². The van der Waals surface area contributed by atoms with Gasteiger partial charge >= 0.3 is 6.03 Å². The summed E-state index contributed by atoms with van der Waals surface area (Å²) in [5, 5.41) is 7.43. The topological polar surface area (TPSA) is 68.6 Å². The summed E-state index contributed by atoms with van der Waals surface area (Å²) in [6.07, 6.45) is 3.67. The molecule has 0 aliphatic carbocycles. The highest BCUT2D eigenvalue weighted by molar-refractivity contribution is 5.74. The van der Waals surface area contributed by atoms with Crippen molar-refractivity contribution in [1.82, 2.24) is 20.0 Å². The van der Waals surface area contributed by atoms with Gasteiger partial charge in [0, 0.05) is 30.8 Å². The summed E-state index contributed by atoms with van der Waals surface area (Å²) < 4.78 is 12.4. The monoisotopic (exact) mass is 358 g/mol. The fourth-order valence-corrected chi connectivity index (χ4v) is 3.08. The van der Waals surface area contributed by atoms with Crippen molar-refractivity contribution in [1.29, 1.82) is 0 Å². The smallest absolute Gasteiger partial charge is 0.317 e. The molecule has 140 valence electrons. The zero-order chi connectivity index (χ0) is 18.7. The highest BCUT2D eigenvalue weighted by atomic mass is 16.5. The van der Waals surface area contributed by atoms with Gasteiger partial charge in [0.1, 0.15) is 11.4 Å². The molecule has 1 aromatic heterocycles. The van der Waals surface area contributed by atoms with E-state index in [9.17, 15) is 4.79 Å². The number of carbonyl (C=O) groups excluding carboxylic acids is 1. The van der Waals surface area contributed by atoms with Gasteiger partial charge in [0.15, 0.2) is 0 Å². The lowest BCUT2D eigenvalue weighted by molar-refractivity contribution is -0.108. The normalized spacial score (nSPS) is 16.5. The minimum Gasteiger partial charge on any atom is -0.494 e. The second-order valence-electron chi connectivity index (χ2n) is 7.22. The summed E-state index contributed by atoms with van der Waals surface area (Å²) in [7, 11) is 3.44. The summed E-state index contributed by atoms with van der Waals surface area (Å²) in [6.45, 7) is 6.15. The molecule has 1 fully saturated rings. The molecule has 1 saturated heterocycles. The minimum atomic E-state index is -0.154. The van der Waals surface area contributed by atoms with Crippen LogP contribution in [0.1, 0.15) is 25.5 Å². The molecular formula is C19H26N4O3. The SMILES string of the molecule is COc1ccccc1-n1cc([C@@H](C)NC(=O)N(C)CC2(C)COC2)cn1. The van der Waals surface area contributed by atoms with E-state index in [-0.39, 0.29) is 17.5 Å². The van der Waals surface area contributed by atoms with Gasteiger partial charge in [-0.25, -0.2) is 9.48 Å². The molecule has 2 aromatic rings. The molecule has 1 aromatic carbocycles. The first-order chi connectivity index (χ1) is 12.4. The van der Waals surface area contributed by atoms with Gasteiger partial charge in [-0.3, -0.25) is 0 Å². The van der Waals surface area contributed by atoms with Gasteiger partial charge in [-0.2, -0.15) is 5.10 Å². The largest absolute Gasteiger partial charge is 0.494 e. The summed E-state index contributed by atoms with van der Waals surface area (Å²) in [4.78, 5) is 14.2. The number of rotatable bonds is 6. The molecule has 0 spiro atoms. The van der Waals surface area contributed by atoms with E-state index in [1.807, 2.05) is 44.4 Å². The molecule has 2 heterocycles. The maximum atomic E-state index is 12.4. The number of nitrogens with one attached hydrogen (secondary N) is 1. The van der Waals surface area contributed by atoms with Gasteiger partial charge in [-0.1, -0.05) is 19.1 Å². The van der Waals surface area contributed by atoms with E-state index >= 15 is 0 Å². The number of amides is 2. The molecule has 0 bridgehead atoms. The molecule has 1 aliphatic rings. The number of aromatic nitrogens is 2. The summed E-state index contributed by atoms with van der Waals surface area (Å²) >= 11 is 0. The van der Waals surface area contributed by atoms with Crippen molar-refractivity contribution in [3.05, 3.63) is 42.2 Å². The molecule has 2 amide bonds. The van der Waals surface area contributed by atoms with Crippen molar-refractivity contribution in [2.75, 3.05) is 33.9 Å². The number of nitrogens with zero attached hydrogens (tertiary/aromatic N) is 3. The third kappa shape index (κ3) is 3.83. The van der Waals surface area contributed by atoms with E-state index in [0.29, 0.717) is 19.8 Å². The van der Waals surface area contributed by atoms with E-state index in [2.05, 4.69) is 17.3 Å². The zero-order valence-corrected chi connectivity index (χ0v) is 15.7. The summed E-state index contributed by atoms with van der Waals surface area (Å²) in [5.74, 6) is 0.745. The number of benzene rings is 1. The first kappa shape index (κ1) is 18.3. The molecule has 0 unspecified atom stereocenters. The Balaban J connectivity index is 1.64. The van der Waals surface area contributed by atoms with Crippen LogP contribution < -0.4 is 10.1 Å². The quantitative estimate of drug-likeness (QED) is 0.862. The average molecular weight is 358 g/mol. The van der Waals surface area contributed by atoms with Gasteiger partial charge in [0.25, 0.3) is 0 Å². The lowest BCUT2D eigenvalue weighted by Crippen LogP contribution is -2.51. The number of hydrogen-bond donors (Lipinski definition) is 1. The Hall–Kier alpha value is -2.54. The van der Waals surface area contributed by atoms with Crippen molar-refractivity contribution < 1.29 is 14.3 Å². The predicted molar refractivity (Wildman–Crippen MR) is 98.6 cm³/mol.